The Morgan fingerprint density at radius 3 is 2.48 bits per heavy atom. The summed E-state index contributed by atoms with van der Waals surface area (Å²) in [6.07, 6.45) is 1.62. The highest BCUT2D eigenvalue weighted by atomic mass is 32.2. The van der Waals surface area contributed by atoms with Gasteiger partial charge in [0.1, 0.15) is 5.75 Å². The molecule has 0 radical (unpaired) electrons. The van der Waals surface area contributed by atoms with E-state index in [1.807, 2.05) is 66.7 Å². The average Bonchev–Trinajstić information content (AvgIpc) is 3.15. The van der Waals surface area contributed by atoms with Crippen LogP contribution in [0.15, 0.2) is 77.7 Å². The monoisotopic (exact) mass is 462 g/mol. The maximum atomic E-state index is 12.3. The van der Waals surface area contributed by atoms with Crippen molar-refractivity contribution in [2.24, 2.45) is 0 Å². The van der Waals surface area contributed by atoms with Gasteiger partial charge in [-0.15, -0.1) is 11.8 Å². The molecule has 6 nitrogen and oxygen atoms in total. The van der Waals surface area contributed by atoms with Gasteiger partial charge >= 0.3 is 5.97 Å². The zero-order chi connectivity index (χ0) is 23.0. The highest BCUT2D eigenvalue weighted by Gasteiger charge is 2.30. The second-order valence-corrected chi connectivity index (χ2v) is 8.65. The Balaban J connectivity index is 1.24. The molecule has 1 aliphatic heterocycles. The zero-order valence-electron chi connectivity index (χ0n) is 18.4. The van der Waals surface area contributed by atoms with Gasteiger partial charge in [0, 0.05) is 21.8 Å². The van der Waals surface area contributed by atoms with Gasteiger partial charge in [-0.1, -0.05) is 31.5 Å². The molecule has 0 fully saturated rings. The van der Waals surface area contributed by atoms with Crippen LogP contribution >= 0.6 is 11.8 Å². The maximum absolute atomic E-state index is 12.3. The first-order chi connectivity index (χ1) is 16.1. The molecular formula is C26H26N2O4S. The lowest BCUT2D eigenvalue weighted by Gasteiger charge is -2.14. The van der Waals surface area contributed by atoms with Crippen molar-refractivity contribution in [2.75, 3.05) is 23.0 Å². The summed E-state index contributed by atoms with van der Waals surface area (Å²) in [5.74, 6) is 0.714. The van der Waals surface area contributed by atoms with Crippen LogP contribution in [0.2, 0.25) is 0 Å². The molecule has 0 saturated heterocycles. The van der Waals surface area contributed by atoms with E-state index in [0.717, 1.165) is 40.4 Å². The minimum absolute atomic E-state index is 0.0728. The summed E-state index contributed by atoms with van der Waals surface area (Å²) in [4.78, 5) is 25.2. The van der Waals surface area contributed by atoms with E-state index in [1.165, 1.54) is 11.8 Å². The molecule has 0 unspecified atom stereocenters. The summed E-state index contributed by atoms with van der Waals surface area (Å²) in [5, 5.41) is 6.13. The van der Waals surface area contributed by atoms with Gasteiger partial charge in [0.15, 0.2) is 0 Å². The SMILES string of the molecule is CCCCOc1ccc(NC(=O)CSc2ccc(N[C@@H]3OC(=O)c4ccccc43)cc2)cc1. The Bertz CT molecular complexity index is 1100. The number of fused-ring (bicyclic) bond motifs is 1. The van der Waals surface area contributed by atoms with E-state index in [2.05, 4.69) is 17.6 Å². The van der Waals surface area contributed by atoms with E-state index in [9.17, 15) is 9.59 Å². The zero-order valence-corrected chi connectivity index (χ0v) is 19.2. The molecule has 170 valence electrons. The molecule has 7 heteroatoms. The van der Waals surface area contributed by atoms with Crippen molar-refractivity contribution in [3.8, 4) is 5.75 Å². The lowest BCUT2D eigenvalue weighted by molar-refractivity contribution is -0.113. The standard InChI is InChI=1S/C26H26N2O4S/c1-2-3-16-31-20-12-8-18(9-13-20)27-24(29)17-33-21-14-10-19(11-15-21)28-25-22-6-4-5-7-23(22)26(30)32-25/h4-15,25,28H,2-3,16-17H2,1H3,(H,27,29)/t25-/m1/s1. The smallest absolute Gasteiger partial charge is 0.340 e. The number of amides is 1. The lowest BCUT2D eigenvalue weighted by Crippen LogP contribution is -2.13. The number of carbonyl (C=O) groups excluding carboxylic acids is 2. The molecule has 1 heterocycles. The molecule has 0 saturated carbocycles. The van der Waals surface area contributed by atoms with Crippen LogP contribution in [0.4, 0.5) is 11.4 Å². The van der Waals surface area contributed by atoms with Crippen LogP contribution in [0.3, 0.4) is 0 Å². The van der Waals surface area contributed by atoms with Crippen molar-refractivity contribution in [3.05, 3.63) is 83.9 Å². The second kappa shape index (κ2) is 10.9. The Kier molecular flexibility index (Phi) is 7.52. The number of anilines is 2. The second-order valence-electron chi connectivity index (χ2n) is 7.60. The lowest BCUT2D eigenvalue weighted by atomic mass is 10.1. The van der Waals surface area contributed by atoms with Gasteiger partial charge in [-0.05, 0) is 61.0 Å². The molecule has 0 bridgehead atoms. The Morgan fingerprint density at radius 1 is 1.00 bits per heavy atom. The van der Waals surface area contributed by atoms with Gasteiger partial charge in [-0.2, -0.15) is 0 Å². The van der Waals surface area contributed by atoms with E-state index in [-0.39, 0.29) is 11.9 Å². The van der Waals surface area contributed by atoms with Crippen LogP contribution in [0.5, 0.6) is 5.75 Å². The number of rotatable bonds is 10. The number of benzene rings is 3. The van der Waals surface area contributed by atoms with Crippen molar-refractivity contribution in [3.63, 3.8) is 0 Å². The third kappa shape index (κ3) is 6.08. The first-order valence-electron chi connectivity index (χ1n) is 10.9. The predicted octanol–water partition coefficient (Wildman–Crippen LogP) is 5.88. The first kappa shape index (κ1) is 22.7. The number of ether oxygens (including phenoxy) is 2. The molecule has 4 rings (SSSR count). The fraction of sp³-hybridized carbons (Fsp3) is 0.231. The number of carbonyl (C=O) groups is 2. The van der Waals surface area contributed by atoms with E-state index >= 15 is 0 Å². The number of unbranched alkanes of at least 4 members (excludes halogenated alkanes) is 1. The van der Waals surface area contributed by atoms with Crippen molar-refractivity contribution in [1.29, 1.82) is 0 Å². The van der Waals surface area contributed by atoms with Gasteiger partial charge in [0.2, 0.25) is 12.1 Å². The Labute approximate surface area is 197 Å². The number of esters is 1. The summed E-state index contributed by atoms with van der Waals surface area (Å²) >= 11 is 1.46. The topological polar surface area (TPSA) is 76.7 Å². The van der Waals surface area contributed by atoms with Gasteiger partial charge < -0.3 is 20.1 Å². The minimum Gasteiger partial charge on any atom is -0.494 e. The summed E-state index contributed by atoms with van der Waals surface area (Å²) in [7, 11) is 0. The van der Waals surface area contributed by atoms with Crippen LogP contribution in [0, 0.1) is 0 Å². The van der Waals surface area contributed by atoms with E-state index in [4.69, 9.17) is 9.47 Å². The van der Waals surface area contributed by atoms with Gasteiger partial charge in [0.25, 0.3) is 0 Å². The largest absolute Gasteiger partial charge is 0.494 e. The fourth-order valence-corrected chi connectivity index (χ4v) is 4.06. The Hall–Kier alpha value is -3.45. The highest BCUT2D eigenvalue weighted by Crippen LogP contribution is 2.32. The van der Waals surface area contributed by atoms with Crippen LogP contribution in [-0.2, 0) is 9.53 Å². The molecule has 1 amide bonds. The molecule has 1 aliphatic rings. The van der Waals surface area contributed by atoms with Crippen LogP contribution < -0.4 is 15.4 Å². The van der Waals surface area contributed by atoms with Crippen molar-refractivity contribution < 1.29 is 19.1 Å². The molecule has 1 atom stereocenters. The summed E-state index contributed by atoms with van der Waals surface area (Å²) in [6, 6.07) is 22.5. The average molecular weight is 463 g/mol. The predicted molar refractivity (Wildman–Crippen MR) is 131 cm³/mol. The number of thioether (sulfide) groups is 1. The van der Waals surface area contributed by atoms with E-state index in [1.54, 1.807) is 6.07 Å². The van der Waals surface area contributed by atoms with Crippen LogP contribution in [0.1, 0.15) is 41.9 Å². The molecule has 0 spiro atoms. The van der Waals surface area contributed by atoms with Crippen molar-refractivity contribution in [2.45, 2.75) is 30.9 Å². The molecule has 33 heavy (non-hydrogen) atoms. The first-order valence-corrected chi connectivity index (χ1v) is 11.9. The molecule has 3 aromatic carbocycles. The summed E-state index contributed by atoms with van der Waals surface area (Å²) in [5.41, 5.74) is 3.00. The quantitative estimate of drug-likeness (QED) is 0.223. The molecule has 2 N–H and O–H groups in total. The number of hydrogen-bond acceptors (Lipinski definition) is 6. The molecule has 3 aromatic rings. The van der Waals surface area contributed by atoms with Crippen molar-refractivity contribution in [1.82, 2.24) is 0 Å². The van der Waals surface area contributed by atoms with Crippen LogP contribution in [0.25, 0.3) is 0 Å². The van der Waals surface area contributed by atoms with Crippen molar-refractivity contribution >= 4 is 35.0 Å². The number of nitrogens with one attached hydrogen (secondary N) is 2. The normalized spacial score (nSPS) is 14.3. The van der Waals surface area contributed by atoms with Gasteiger partial charge in [0.05, 0.1) is 17.9 Å². The van der Waals surface area contributed by atoms with Gasteiger partial charge in [-0.3, -0.25) is 4.79 Å². The van der Waals surface area contributed by atoms with Crippen LogP contribution in [-0.4, -0.2) is 24.2 Å². The third-order valence-corrected chi connectivity index (χ3v) is 6.13. The summed E-state index contributed by atoms with van der Waals surface area (Å²) < 4.78 is 11.1. The molecular weight excluding hydrogens is 436 g/mol. The fourth-order valence-electron chi connectivity index (χ4n) is 3.37. The van der Waals surface area contributed by atoms with Gasteiger partial charge in [-0.25, -0.2) is 4.79 Å². The number of cyclic esters (lactones) is 1. The molecule has 0 aliphatic carbocycles. The van der Waals surface area contributed by atoms with E-state index in [0.29, 0.717) is 17.9 Å². The maximum Gasteiger partial charge on any atom is 0.340 e. The molecule has 0 aromatic heterocycles. The van der Waals surface area contributed by atoms with E-state index < -0.39 is 6.23 Å². The third-order valence-electron chi connectivity index (χ3n) is 5.11. The summed E-state index contributed by atoms with van der Waals surface area (Å²) in [6.45, 7) is 2.82. The number of hydrogen-bond donors (Lipinski definition) is 2. The Morgan fingerprint density at radius 2 is 1.73 bits per heavy atom. The minimum atomic E-state index is -0.499. The highest BCUT2D eigenvalue weighted by molar-refractivity contribution is 8.00.